The summed E-state index contributed by atoms with van der Waals surface area (Å²) in [6.07, 6.45) is 8.07. The van der Waals surface area contributed by atoms with Crippen molar-refractivity contribution >= 4 is 22.9 Å². The van der Waals surface area contributed by atoms with E-state index in [4.69, 9.17) is 10.9 Å². The maximum Gasteiger partial charge on any atom is 0.243 e. The van der Waals surface area contributed by atoms with E-state index in [9.17, 15) is 4.79 Å². The van der Waals surface area contributed by atoms with Crippen LogP contribution < -0.4 is 11.2 Å². The molecule has 104 valence electrons. The molecule has 0 saturated carbocycles. The minimum absolute atomic E-state index is 0.0748. The van der Waals surface area contributed by atoms with Crippen LogP contribution in [-0.4, -0.2) is 30.6 Å². The molecule has 4 N–H and O–H groups in total. The van der Waals surface area contributed by atoms with Gasteiger partial charge in [0.2, 0.25) is 5.91 Å². The third-order valence-corrected chi connectivity index (χ3v) is 3.47. The average Bonchev–Trinajstić information content (AvgIpc) is 3.05. The van der Waals surface area contributed by atoms with E-state index < -0.39 is 0 Å². The Bertz CT molecular complexity index is 680. The van der Waals surface area contributed by atoms with Gasteiger partial charge in [0.05, 0.1) is 12.4 Å². The lowest BCUT2D eigenvalue weighted by molar-refractivity contribution is -0.129. The molecule has 2 atom stereocenters. The molecule has 8 heteroatoms. The Labute approximate surface area is 114 Å². The van der Waals surface area contributed by atoms with Crippen LogP contribution in [0.15, 0.2) is 24.8 Å². The number of nitrogens with two attached hydrogens (primary N) is 1. The van der Waals surface area contributed by atoms with E-state index in [1.807, 2.05) is 16.7 Å². The molecule has 8 nitrogen and oxygen atoms in total. The number of allylic oxidation sites excluding steroid dienone is 2. The molecule has 0 aromatic carbocycles. The number of hydrogen-bond donors (Lipinski definition) is 3. The van der Waals surface area contributed by atoms with E-state index in [-0.39, 0.29) is 24.3 Å². The highest BCUT2D eigenvalue weighted by molar-refractivity contribution is 5.81. The molecule has 0 unspecified atom stereocenters. The second kappa shape index (κ2) is 4.89. The van der Waals surface area contributed by atoms with Gasteiger partial charge < -0.3 is 10.3 Å². The lowest BCUT2D eigenvalue weighted by atomic mass is 10.0. The predicted octanol–water partition coefficient (Wildman–Crippen LogP) is 0.421. The van der Waals surface area contributed by atoms with Crippen molar-refractivity contribution in [3.8, 4) is 0 Å². The topological polar surface area (TPSA) is 119 Å². The van der Waals surface area contributed by atoms with Gasteiger partial charge in [0.1, 0.15) is 11.8 Å². The largest absolute Gasteiger partial charge is 0.382 e. The normalized spacial score (nSPS) is 21.4. The molecule has 0 bridgehead atoms. The third kappa shape index (κ3) is 2.10. The van der Waals surface area contributed by atoms with Gasteiger partial charge in [-0.05, 0) is 12.3 Å². The number of nitrogen functional groups attached to an aromatic ring is 1. The van der Waals surface area contributed by atoms with Crippen molar-refractivity contribution in [1.82, 2.24) is 25.0 Å². The van der Waals surface area contributed by atoms with Crippen molar-refractivity contribution in [2.75, 3.05) is 5.73 Å². The summed E-state index contributed by atoms with van der Waals surface area (Å²) in [5.74, 6) is 0.0538. The van der Waals surface area contributed by atoms with Crippen LogP contribution >= 0.6 is 0 Å². The first-order valence-corrected chi connectivity index (χ1v) is 6.23. The summed E-state index contributed by atoms with van der Waals surface area (Å²) in [5, 5.41) is 8.55. The lowest BCUT2D eigenvalue weighted by Crippen LogP contribution is -2.21. The number of fused-ring (bicyclic) bond motifs is 1. The summed E-state index contributed by atoms with van der Waals surface area (Å²) >= 11 is 0. The van der Waals surface area contributed by atoms with E-state index in [1.54, 1.807) is 11.8 Å². The van der Waals surface area contributed by atoms with Gasteiger partial charge in [-0.15, -0.1) is 0 Å². The highest BCUT2D eigenvalue weighted by Gasteiger charge is 2.24. The third-order valence-electron chi connectivity index (χ3n) is 3.47. The number of imidazole rings is 1. The van der Waals surface area contributed by atoms with E-state index in [2.05, 4.69) is 15.0 Å². The van der Waals surface area contributed by atoms with E-state index in [1.165, 1.54) is 6.33 Å². The molecule has 0 spiro atoms. The van der Waals surface area contributed by atoms with Crippen LogP contribution in [-0.2, 0) is 4.79 Å². The smallest absolute Gasteiger partial charge is 0.243 e. The summed E-state index contributed by atoms with van der Waals surface area (Å²) < 4.78 is 1.92. The highest BCUT2D eigenvalue weighted by atomic mass is 16.5. The van der Waals surface area contributed by atoms with Gasteiger partial charge in [-0.1, -0.05) is 12.2 Å². The van der Waals surface area contributed by atoms with E-state index in [0.717, 1.165) is 6.42 Å². The Hall–Kier alpha value is -2.48. The molecule has 1 aliphatic carbocycles. The lowest BCUT2D eigenvalue weighted by Gasteiger charge is -2.13. The van der Waals surface area contributed by atoms with Gasteiger partial charge >= 0.3 is 0 Å². The molecule has 0 fully saturated rings. The molecule has 1 amide bonds. The summed E-state index contributed by atoms with van der Waals surface area (Å²) in [5.41, 5.74) is 8.66. The van der Waals surface area contributed by atoms with Crippen LogP contribution in [0, 0.1) is 5.92 Å². The fraction of sp³-hybridized carbons (Fsp3) is 0.333. The van der Waals surface area contributed by atoms with Crippen LogP contribution in [0.25, 0.3) is 11.2 Å². The molecule has 0 aliphatic heterocycles. The number of hydrogen-bond acceptors (Lipinski definition) is 6. The first-order valence-electron chi connectivity index (χ1n) is 6.23. The number of nitrogens with one attached hydrogen (secondary N) is 1. The second-order valence-corrected chi connectivity index (χ2v) is 4.77. The van der Waals surface area contributed by atoms with Gasteiger partial charge in [-0.25, -0.2) is 20.4 Å². The van der Waals surface area contributed by atoms with Gasteiger partial charge in [0.15, 0.2) is 11.5 Å². The van der Waals surface area contributed by atoms with E-state index in [0.29, 0.717) is 17.0 Å². The molecule has 1 aliphatic rings. The molecule has 2 aromatic heterocycles. The van der Waals surface area contributed by atoms with Crippen molar-refractivity contribution in [2.45, 2.75) is 18.9 Å². The van der Waals surface area contributed by atoms with Crippen LogP contribution in [0.5, 0.6) is 0 Å². The standard InChI is InChI=1S/C12H14N6O2/c13-11-10-12(15-5-14-11)18(6-16-10)8-2-1-7(3-8)4-9(19)17-20/h1-2,5-8,20H,3-4H2,(H,17,19)(H2,13,14,15)/t7-,8+/m0/s1. The number of hydroxylamine groups is 1. The van der Waals surface area contributed by atoms with Gasteiger partial charge in [0.25, 0.3) is 0 Å². The van der Waals surface area contributed by atoms with Crippen molar-refractivity contribution in [1.29, 1.82) is 0 Å². The zero-order valence-electron chi connectivity index (χ0n) is 10.6. The van der Waals surface area contributed by atoms with Gasteiger partial charge in [0, 0.05) is 6.42 Å². The molecule has 3 rings (SSSR count). The minimum Gasteiger partial charge on any atom is -0.382 e. The van der Waals surface area contributed by atoms with E-state index >= 15 is 0 Å². The zero-order chi connectivity index (χ0) is 14.1. The van der Waals surface area contributed by atoms with Crippen LogP contribution in [0.3, 0.4) is 0 Å². The fourth-order valence-electron chi connectivity index (χ4n) is 2.51. The van der Waals surface area contributed by atoms with Crippen LogP contribution in [0.1, 0.15) is 18.9 Å². The van der Waals surface area contributed by atoms with Crippen molar-refractivity contribution in [3.63, 3.8) is 0 Å². The number of carbonyl (C=O) groups is 1. The summed E-state index contributed by atoms with van der Waals surface area (Å²) in [7, 11) is 0. The molecule has 0 radical (unpaired) electrons. The molecule has 2 aromatic rings. The number of nitrogens with zero attached hydrogens (tertiary/aromatic N) is 4. The van der Waals surface area contributed by atoms with Crippen molar-refractivity contribution in [2.24, 2.45) is 5.92 Å². The molecule has 20 heavy (non-hydrogen) atoms. The Morgan fingerprint density at radius 2 is 2.30 bits per heavy atom. The highest BCUT2D eigenvalue weighted by Crippen LogP contribution is 2.32. The number of amides is 1. The van der Waals surface area contributed by atoms with Crippen molar-refractivity contribution < 1.29 is 10.0 Å². The molecular formula is C12H14N6O2. The number of rotatable bonds is 3. The number of carbonyl (C=O) groups excluding carboxylic acids is 1. The quantitative estimate of drug-likeness (QED) is 0.424. The Balaban J connectivity index is 1.82. The SMILES string of the molecule is Nc1ncnc2c1ncn2[C@@H]1C=C[C@H](CC(=O)NO)C1. The maximum absolute atomic E-state index is 11.2. The van der Waals surface area contributed by atoms with Crippen LogP contribution in [0.4, 0.5) is 5.82 Å². The maximum atomic E-state index is 11.2. The Morgan fingerprint density at radius 3 is 3.10 bits per heavy atom. The fourth-order valence-corrected chi connectivity index (χ4v) is 2.51. The second-order valence-electron chi connectivity index (χ2n) is 4.77. The monoisotopic (exact) mass is 274 g/mol. The molecule has 0 saturated heterocycles. The summed E-state index contributed by atoms with van der Waals surface area (Å²) in [4.78, 5) is 23.5. The van der Waals surface area contributed by atoms with Gasteiger partial charge in [-0.3, -0.25) is 10.0 Å². The predicted molar refractivity (Wildman–Crippen MR) is 70.6 cm³/mol. The summed E-state index contributed by atoms with van der Waals surface area (Å²) in [6.45, 7) is 0. The molecular weight excluding hydrogens is 260 g/mol. The first kappa shape index (κ1) is 12.5. The Kier molecular flexibility index (Phi) is 3.07. The van der Waals surface area contributed by atoms with Gasteiger partial charge in [-0.2, -0.15) is 0 Å². The van der Waals surface area contributed by atoms with Crippen molar-refractivity contribution in [3.05, 3.63) is 24.8 Å². The Morgan fingerprint density at radius 1 is 1.45 bits per heavy atom. The first-order chi connectivity index (χ1) is 9.69. The zero-order valence-corrected chi connectivity index (χ0v) is 10.6. The molecule has 2 heterocycles. The number of aromatic nitrogens is 4. The average molecular weight is 274 g/mol. The summed E-state index contributed by atoms with van der Waals surface area (Å²) in [6, 6.07) is 0.0748. The minimum atomic E-state index is -0.387. The number of anilines is 1. The van der Waals surface area contributed by atoms with Crippen LogP contribution in [0.2, 0.25) is 0 Å².